The molecule has 1 aliphatic heterocycles. The first-order valence-corrected chi connectivity index (χ1v) is 4.86. The zero-order chi connectivity index (χ0) is 14.1. The van der Waals surface area contributed by atoms with Crippen LogP contribution in [-0.4, -0.2) is 69.8 Å². The quantitative estimate of drug-likeness (QED) is 0.209. The minimum absolute atomic E-state index is 0. The first-order valence-electron chi connectivity index (χ1n) is 4.86. The van der Waals surface area contributed by atoms with Crippen molar-refractivity contribution < 1.29 is 219 Å². The summed E-state index contributed by atoms with van der Waals surface area (Å²) in [5.41, 5.74) is 0. The van der Waals surface area contributed by atoms with Crippen molar-refractivity contribution in [1.82, 2.24) is 5.32 Å². The van der Waals surface area contributed by atoms with Crippen LogP contribution >= 0.6 is 0 Å². The Kier molecular flexibility index (Phi) is 24.5. The van der Waals surface area contributed by atoms with Crippen LogP contribution in [0, 0.1) is 176 Å². The van der Waals surface area contributed by atoms with Gasteiger partial charge >= 0.3 is 12.1 Å². The average molecular weight is 1180 g/mol. The van der Waals surface area contributed by atoms with E-state index in [4.69, 9.17) is 5.11 Å². The number of nitrogens with one attached hydrogen (secondary N) is 1. The molecule has 1 rings (SSSR count). The van der Waals surface area contributed by atoms with Gasteiger partial charge in [0.15, 0.2) is 6.29 Å². The van der Waals surface area contributed by atoms with E-state index in [1.54, 1.807) is 0 Å². The van der Waals surface area contributed by atoms with Crippen LogP contribution in [0.1, 0.15) is 0 Å². The van der Waals surface area contributed by atoms with Crippen LogP contribution < -0.4 is 5.32 Å². The smallest absolute Gasteiger partial charge is 0.394 e. The van der Waals surface area contributed by atoms with Gasteiger partial charge < -0.3 is 30.5 Å². The largest absolute Gasteiger partial charge is 0.471 e. The van der Waals surface area contributed by atoms with Gasteiger partial charge in [0.1, 0.15) is 24.4 Å². The molecule has 4 radical (unpaired) electrons. The maximum atomic E-state index is 12.0. The summed E-state index contributed by atoms with van der Waals surface area (Å²) in [5.74, 6) is -2.39. The Balaban J connectivity index is -0.000000405. The zero-order valence-electron chi connectivity index (χ0n) is 11.1. The molecule has 14 heteroatoms. The SMILES string of the molecule is O=C(NC1C(O)O[C@H](CO)C(O)C1O)C(F)(F)F.[Ac].[Ac].[Ac].[Ac]. The topological polar surface area (TPSA) is 119 Å². The molecule has 0 spiro atoms. The molecule has 0 aromatic rings. The van der Waals surface area contributed by atoms with Gasteiger partial charge in [-0.3, -0.25) is 4.79 Å². The molecule has 0 saturated carbocycles. The third-order valence-electron chi connectivity index (χ3n) is 2.46. The number of alkyl halides is 3. The molecule has 0 aromatic heterocycles. The van der Waals surface area contributed by atoms with E-state index in [2.05, 4.69) is 4.74 Å². The predicted molar refractivity (Wildman–Crippen MR) is 48.0 cm³/mol. The van der Waals surface area contributed by atoms with E-state index < -0.39 is 49.3 Å². The van der Waals surface area contributed by atoms with E-state index in [0.29, 0.717) is 0 Å². The van der Waals surface area contributed by atoms with Gasteiger partial charge in [-0.25, -0.2) is 0 Å². The van der Waals surface area contributed by atoms with Gasteiger partial charge in [0.25, 0.3) is 0 Å². The van der Waals surface area contributed by atoms with Crippen LogP contribution in [0.4, 0.5) is 13.2 Å². The Morgan fingerprint density at radius 1 is 1.05 bits per heavy atom. The number of amides is 1. The first-order chi connectivity index (χ1) is 8.18. The van der Waals surface area contributed by atoms with Crippen LogP contribution in [0.5, 0.6) is 0 Å². The Morgan fingerprint density at radius 2 is 1.50 bits per heavy atom. The molecule has 118 valence electrons. The molecule has 1 amide bonds. The Morgan fingerprint density at radius 3 is 1.86 bits per heavy atom. The molecule has 7 nitrogen and oxygen atoms in total. The van der Waals surface area contributed by atoms with Gasteiger partial charge in [-0.1, -0.05) is 0 Å². The van der Waals surface area contributed by atoms with Crippen LogP contribution in [0.15, 0.2) is 0 Å². The molecule has 1 aliphatic rings. The zero-order valence-corrected chi connectivity index (χ0v) is 30.1. The molecule has 1 saturated heterocycles. The fourth-order valence-electron chi connectivity index (χ4n) is 1.49. The number of halogens is 3. The fraction of sp³-hybridized carbons (Fsp3) is 0.875. The Hall–Kier alpha value is 4.83. The van der Waals surface area contributed by atoms with Gasteiger partial charge in [0.05, 0.1) is 6.61 Å². The molecule has 22 heavy (non-hydrogen) atoms. The summed E-state index contributed by atoms with van der Waals surface area (Å²) in [5, 5.41) is 38.1. The summed E-state index contributed by atoms with van der Waals surface area (Å²) in [6.07, 6.45) is -12.2. The number of carbonyl (C=O) groups is 1. The summed E-state index contributed by atoms with van der Waals surface area (Å²) < 4.78 is 40.5. The van der Waals surface area contributed by atoms with E-state index in [0.717, 1.165) is 0 Å². The van der Waals surface area contributed by atoms with E-state index in [-0.39, 0.29) is 176 Å². The summed E-state index contributed by atoms with van der Waals surface area (Å²) in [4.78, 5) is 10.6. The van der Waals surface area contributed by atoms with Crippen molar-refractivity contribution in [1.29, 1.82) is 0 Å². The predicted octanol–water partition coefficient (Wildman–Crippen LogP) is -2.54. The van der Waals surface area contributed by atoms with E-state index in [1.165, 1.54) is 5.32 Å². The number of hydrogen-bond acceptors (Lipinski definition) is 6. The monoisotopic (exact) mass is 1180 g/mol. The Bertz CT molecular complexity index is 327. The maximum absolute atomic E-state index is 12.0. The minimum Gasteiger partial charge on any atom is -0.394 e. The molecule has 1 fully saturated rings. The molecule has 0 aliphatic carbocycles. The van der Waals surface area contributed by atoms with Gasteiger partial charge in [-0.2, -0.15) is 13.2 Å². The second kappa shape index (κ2) is 15.7. The van der Waals surface area contributed by atoms with Gasteiger partial charge in [0, 0.05) is 176 Å². The number of ether oxygens (including phenoxy) is 1. The molecule has 4 unspecified atom stereocenters. The van der Waals surface area contributed by atoms with Crippen molar-refractivity contribution in [2.24, 2.45) is 0 Å². The average Bonchev–Trinajstić information content (AvgIpc) is 2.27. The first kappa shape index (κ1) is 34.3. The summed E-state index contributed by atoms with van der Waals surface area (Å²) in [7, 11) is 0. The second-order valence-electron chi connectivity index (χ2n) is 3.73. The molecule has 5 atom stereocenters. The standard InChI is InChI=1S/C8H12F3NO6.4Ac/c9-8(10,11)7(17)12-3-5(15)4(14)2(1-13)18-6(3)16;;;;/h2-6,13-16H,1H2,(H,12,17);;;;/t2-,3?,4?,5?,6?;;;;/m1..../s1. The van der Waals surface area contributed by atoms with Gasteiger partial charge in [0.2, 0.25) is 0 Å². The third-order valence-corrected chi connectivity index (χ3v) is 2.46. The number of carbonyl (C=O) groups excluding carboxylic acids is 1. The number of rotatable bonds is 2. The molecule has 0 bridgehead atoms. The molecule has 5 N–H and O–H groups in total. The van der Waals surface area contributed by atoms with Crippen molar-refractivity contribution in [2.75, 3.05) is 6.61 Å². The molecular formula is C8H12Ac4F3NO6. The van der Waals surface area contributed by atoms with Crippen molar-refractivity contribution in [3.05, 3.63) is 0 Å². The van der Waals surface area contributed by atoms with Crippen LogP contribution in [0.3, 0.4) is 0 Å². The van der Waals surface area contributed by atoms with Gasteiger partial charge in [-0.15, -0.1) is 0 Å². The van der Waals surface area contributed by atoms with Crippen LogP contribution in [-0.2, 0) is 9.53 Å². The van der Waals surface area contributed by atoms with Crippen molar-refractivity contribution in [3.8, 4) is 0 Å². The van der Waals surface area contributed by atoms with Crippen molar-refractivity contribution in [3.63, 3.8) is 0 Å². The van der Waals surface area contributed by atoms with Crippen LogP contribution in [0.2, 0.25) is 0 Å². The molecule has 1 heterocycles. The fourth-order valence-corrected chi connectivity index (χ4v) is 1.49. The van der Waals surface area contributed by atoms with Crippen molar-refractivity contribution in [2.45, 2.75) is 36.8 Å². The molecule has 0 aromatic carbocycles. The summed E-state index contributed by atoms with van der Waals surface area (Å²) in [6, 6.07) is -1.85. The maximum Gasteiger partial charge on any atom is 0.471 e. The number of aliphatic hydroxyl groups is 4. The number of aliphatic hydroxyl groups excluding tert-OH is 4. The van der Waals surface area contributed by atoms with E-state index >= 15 is 0 Å². The minimum atomic E-state index is -5.20. The number of hydrogen-bond donors (Lipinski definition) is 5. The van der Waals surface area contributed by atoms with Gasteiger partial charge in [-0.05, 0) is 0 Å². The van der Waals surface area contributed by atoms with E-state index in [1.807, 2.05) is 0 Å². The van der Waals surface area contributed by atoms with Crippen LogP contribution in [0.25, 0.3) is 0 Å². The van der Waals surface area contributed by atoms with E-state index in [9.17, 15) is 33.3 Å². The third kappa shape index (κ3) is 10.4. The Labute approximate surface area is 267 Å². The normalized spacial score (nSPS) is 30.6. The summed E-state index contributed by atoms with van der Waals surface area (Å²) >= 11 is 0. The summed E-state index contributed by atoms with van der Waals surface area (Å²) in [6.45, 7) is -0.755. The second-order valence-corrected chi connectivity index (χ2v) is 3.73. The van der Waals surface area contributed by atoms with Crippen molar-refractivity contribution >= 4 is 5.91 Å². The molecular weight excluding hydrogens is 1170 g/mol.